The maximum absolute atomic E-state index is 12.1. The summed E-state index contributed by atoms with van der Waals surface area (Å²) in [6.45, 7) is 1.62. The Balaban J connectivity index is 2.09. The van der Waals surface area contributed by atoms with Crippen LogP contribution in [0, 0.1) is 0 Å². The van der Waals surface area contributed by atoms with E-state index in [9.17, 15) is 9.46 Å². The molecule has 0 aliphatic heterocycles. The summed E-state index contributed by atoms with van der Waals surface area (Å²) in [6, 6.07) is 8.71. The van der Waals surface area contributed by atoms with Gasteiger partial charge in [-0.25, -0.2) is 4.57 Å². The molecule has 1 aromatic heterocycles. The maximum Gasteiger partial charge on any atom is 0.527 e. The highest BCUT2D eigenvalue weighted by molar-refractivity contribution is 7.47. The smallest absolute Gasteiger partial charge is 0.493 e. The maximum atomic E-state index is 12.1. The molecule has 0 radical (unpaired) electrons. The molecule has 11 heteroatoms. The highest BCUT2D eigenvalue weighted by Crippen LogP contribution is 2.49. The number of nitrogens with zero attached hydrogens (tertiary/aromatic N) is 1. The van der Waals surface area contributed by atoms with Gasteiger partial charge in [0.1, 0.15) is 0 Å². The SMILES string of the molecule is CCOP(=O)(O)Oc1cc(-c2cnsc2-c2cc(OC)c(OC)c(OC)c2)ccc1OC. The van der Waals surface area contributed by atoms with Gasteiger partial charge in [0.25, 0.3) is 0 Å². The number of phosphoric ester groups is 1. The second kappa shape index (κ2) is 10.2. The third-order valence-corrected chi connectivity index (χ3v) is 6.34. The number of hydrogen-bond acceptors (Lipinski definition) is 9. The van der Waals surface area contributed by atoms with E-state index in [1.807, 2.05) is 12.1 Å². The minimum atomic E-state index is -4.29. The van der Waals surface area contributed by atoms with Crippen molar-refractivity contribution in [1.82, 2.24) is 4.37 Å². The third kappa shape index (κ3) is 4.99. The first kappa shape index (κ1) is 23.9. The van der Waals surface area contributed by atoms with Crippen LogP contribution in [-0.4, -0.2) is 44.3 Å². The van der Waals surface area contributed by atoms with Crippen LogP contribution in [0.5, 0.6) is 28.7 Å². The first-order valence-corrected chi connectivity index (χ1v) is 11.7. The number of methoxy groups -OCH3 is 4. The van der Waals surface area contributed by atoms with Gasteiger partial charge in [0.05, 0.1) is 39.9 Å². The Morgan fingerprint density at radius 1 is 0.906 bits per heavy atom. The van der Waals surface area contributed by atoms with Crippen molar-refractivity contribution in [3.8, 4) is 50.3 Å². The molecule has 0 saturated carbocycles. The summed E-state index contributed by atoms with van der Waals surface area (Å²) in [5.41, 5.74) is 2.29. The standard InChI is InChI=1S/C21H24NO8PS/c1-6-29-31(23,24)30-17-9-13(7-8-16(17)25-2)15-12-22-32-21(15)14-10-18(26-3)20(28-5)19(11-14)27-4/h7-12H,6H2,1-5H3,(H,23,24). The van der Waals surface area contributed by atoms with Crippen LogP contribution in [0.2, 0.25) is 0 Å². The molecule has 32 heavy (non-hydrogen) atoms. The van der Waals surface area contributed by atoms with Crippen molar-refractivity contribution in [3.63, 3.8) is 0 Å². The Bertz CT molecular complexity index is 1110. The average Bonchev–Trinajstić information content (AvgIpc) is 3.27. The molecule has 0 saturated heterocycles. The topological polar surface area (TPSA) is 106 Å². The highest BCUT2D eigenvalue weighted by Gasteiger charge is 2.25. The van der Waals surface area contributed by atoms with E-state index in [1.54, 1.807) is 52.6 Å². The van der Waals surface area contributed by atoms with Crippen LogP contribution in [0.25, 0.3) is 21.6 Å². The lowest BCUT2D eigenvalue weighted by molar-refractivity contribution is 0.210. The van der Waals surface area contributed by atoms with Gasteiger partial charge in [0, 0.05) is 17.3 Å². The Hall–Kier alpha value is -2.78. The summed E-state index contributed by atoms with van der Waals surface area (Å²) in [6.07, 6.45) is 1.70. The summed E-state index contributed by atoms with van der Waals surface area (Å²) in [7, 11) is 1.79. The first-order valence-electron chi connectivity index (χ1n) is 9.47. The van der Waals surface area contributed by atoms with Crippen LogP contribution in [0.1, 0.15) is 6.92 Å². The zero-order chi connectivity index (χ0) is 23.3. The van der Waals surface area contributed by atoms with Crippen LogP contribution in [0.3, 0.4) is 0 Å². The number of hydrogen-bond donors (Lipinski definition) is 1. The third-order valence-electron chi connectivity index (χ3n) is 4.48. The van der Waals surface area contributed by atoms with E-state index in [0.29, 0.717) is 28.6 Å². The zero-order valence-corrected chi connectivity index (χ0v) is 20.0. The van der Waals surface area contributed by atoms with Crippen molar-refractivity contribution in [2.24, 2.45) is 0 Å². The summed E-state index contributed by atoms with van der Waals surface area (Å²) in [4.78, 5) is 10.7. The number of benzene rings is 2. The molecule has 1 atom stereocenters. The van der Waals surface area contributed by atoms with Crippen LogP contribution >= 0.6 is 19.4 Å². The summed E-state index contributed by atoms with van der Waals surface area (Å²) in [5, 5.41) is 0. The van der Waals surface area contributed by atoms with E-state index in [4.69, 9.17) is 28.0 Å². The second-order valence-electron chi connectivity index (χ2n) is 6.33. The Kier molecular flexibility index (Phi) is 7.63. The highest BCUT2D eigenvalue weighted by atomic mass is 32.1. The molecule has 2 aromatic carbocycles. The van der Waals surface area contributed by atoms with Gasteiger partial charge in [-0.1, -0.05) is 6.07 Å². The minimum absolute atomic E-state index is 0.0233. The molecule has 0 amide bonds. The van der Waals surface area contributed by atoms with E-state index in [2.05, 4.69) is 4.37 Å². The van der Waals surface area contributed by atoms with Crippen molar-refractivity contribution in [2.75, 3.05) is 35.0 Å². The van der Waals surface area contributed by atoms with Gasteiger partial charge in [-0.2, -0.15) is 4.37 Å². The zero-order valence-electron chi connectivity index (χ0n) is 18.3. The minimum Gasteiger partial charge on any atom is -0.493 e. The van der Waals surface area contributed by atoms with E-state index in [-0.39, 0.29) is 12.4 Å². The fraction of sp³-hybridized carbons (Fsp3) is 0.286. The van der Waals surface area contributed by atoms with Gasteiger partial charge in [-0.15, -0.1) is 0 Å². The molecule has 0 aliphatic rings. The number of ether oxygens (including phenoxy) is 4. The number of aromatic nitrogens is 1. The van der Waals surface area contributed by atoms with Gasteiger partial charge in [0.15, 0.2) is 23.0 Å². The molecule has 172 valence electrons. The van der Waals surface area contributed by atoms with E-state index in [1.165, 1.54) is 18.6 Å². The van der Waals surface area contributed by atoms with Crippen LogP contribution in [0.4, 0.5) is 0 Å². The molecule has 0 spiro atoms. The van der Waals surface area contributed by atoms with E-state index >= 15 is 0 Å². The predicted molar refractivity (Wildman–Crippen MR) is 121 cm³/mol. The summed E-state index contributed by atoms with van der Waals surface area (Å²) < 4.78 is 48.1. The van der Waals surface area contributed by atoms with Crippen LogP contribution < -0.4 is 23.5 Å². The monoisotopic (exact) mass is 481 g/mol. The lowest BCUT2D eigenvalue weighted by atomic mass is 10.0. The van der Waals surface area contributed by atoms with Crippen molar-refractivity contribution >= 4 is 19.4 Å². The van der Waals surface area contributed by atoms with Crippen LogP contribution in [0.15, 0.2) is 36.5 Å². The summed E-state index contributed by atoms with van der Waals surface area (Å²) in [5.74, 6) is 1.88. The molecule has 0 fully saturated rings. The van der Waals surface area contributed by atoms with Gasteiger partial charge in [-0.05, 0) is 48.3 Å². The molecule has 1 unspecified atom stereocenters. The fourth-order valence-corrected chi connectivity index (χ4v) is 4.62. The van der Waals surface area contributed by atoms with Gasteiger partial charge in [-0.3, -0.25) is 9.42 Å². The van der Waals surface area contributed by atoms with Crippen molar-refractivity contribution in [3.05, 3.63) is 36.5 Å². The lowest BCUT2D eigenvalue weighted by Gasteiger charge is -2.16. The number of phosphoric acid groups is 1. The predicted octanol–water partition coefficient (Wildman–Crippen LogP) is 5.03. The van der Waals surface area contributed by atoms with Gasteiger partial charge >= 0.3 is 7.82 Å². The second-order valence-corrected chi connectivity index (χ2v) is 8.51. The van der Waals surface area contributed by atoms with Gasteiger partial charge < -0.3 is 23.5 Å². The molecular formula is C21H24NO8PS. The molecule has 1 heterocycles. The van der Waals surface area contributed by atoms with Crippen LogP contribution in [-0.2, 0) is 9.09 Å². The molecule has 9 nitrogen and oxygen atoms in total. The normalized spacial score (nSPS) is 12.7. The molecule has 3 rings (SSSR count). The van der Waals surface area contributed by atoms with Crippen molar-refractivity contribution in [2.45, 2.75) is 6.92 Å². The van der Waals surface area contributed by atoms with E-state index in [0.717, 1.165) is 16.0 Å². The molecular weight excluding hydrogens is 457 g/mol. The molecule has 0 aliphatic carbocycles. The molecule has 3 aromatic rings. The Morgan fingerprint density at radius 2 is 1.53 bits per heavy atom. The lowest BCUT2D eigenvalue weighted by Crippen LogP contribution is -1.99. The van der Waals surface area contributed by atoms with E-state index < -0.39 is 7.82 Å². The number of rotatable bonds is 10. The quantitative estimate of drug-likeness (QED) is 0.399. The largest absolute Gasteiger partial charge is 0.527 e. The Morgan fingerprint density at radius 3 is 2.09 bits per heavy atom. The Labute approximate surface area is 190 Å². The first-order chi connectivity index (χ1) is 15.4. The summed E-state index contributed by atoms with van der Waals surface area (Å²) >= 11 is 1.28. The fourth-order valence-electron chi connectivity index (χ4n) is 3.09. The van der Waals surface area contributed by atoms with Crippen molar-refractivity contribution < 1.29 is 37.5 Å². The molecule has 0 bridgehead atoms. The van der Waals surface area contributed by atoms with Gasteiger partial charge in [0.2, 0.25) is 5.75 Å². The molecule has 1 N–H and O–H groups in total. The van der Waals surface area contributed by atoms with Crippen molar-refractivity contribution in [1.29, 1.82) is 0 Å². The average molecular weight is 481 g/mol.